The van der Waals surface area contributed by atoms with E-state index >= 15 is 0 Å². The van der Waals surface area contributed by atoms with Gasteiger partial charge in [0.2, 0.25) is 0 Å². The van der Waals surface area contributed by atoms with Gasteiger partial charge in [0.15, 0.2) is 0 Å². The largest absolute Gasteiger partial charge is 0.357 e. The van der Waals surface area contributed by atoms with Crippen LogP contribution in [-0.4, -0.2) is 34.6 Å². The molecule has 0 spiro atoms. The van der Waals surface area contributed by atoms with Gasteiger partial charge in [-0.25, -0.2) is 9.82 Å². The van der Waals surface area contributed by atoms with Crippen LogP contribution in [0.25, 0.3) is 10.9 Å². The van der Waals surface area contributed by atoms with Crippen LogP contribution in [0, 0.1) is 5.82 Å². The Kier molecular flexibility index (Phi) is 2.62. The maximum absolute atomic E-state index is 13.7. The maximum Gasteiger partial charge on any atom is 0.272 e. The predicted octanol–water partition coefficient (Wildman–Crippen LogP) is 1.98. The highest BCUT2D eigenvalue weighted by atomic mass is 19.1. The number of aromatic amines is 1. The number of aromatic nitrogens is 1. The van der Waals surface area contributed by atoms with Crippen molar-refractivity contribution in [2.45, 2.75) is 19.9 Å². The van der Waals surface area contributed by atoms with E-state index in [0.29, 0.717) is 17.6 Å². The summed E-state index contributed by atoms with van der Waals surface area (Å²) in [5.74, 6) is -0.773. The second-order valence-corrected chi connectivity index (χ2v) is 5.56. The molecule has 5 nitrogen and oxygen atoms in total. The average Bonchev–Trinajstić information content (AvgIpc) is 2.74. The van der Waals surface area contributed by atoms with Crippen LogP contribution < -0.4 is 5.43 Å². The van der Waals surface area contributed by atoms with Crippen LogP contribution in [0.3, 0.4) is 0 Å². The van der Waals surface area contributed by atoms with Crippen molar-refractivity contribution in [3.8, 4) is 0 Å². The molecule has 0 radical (unpaired) electrons. The Labute approximate surface area is 120 Å². The number of halogens is 1. The number of H-pyrrole nitrogens is 1. The van der Waals surface area contributed by atoms with Gasteiger partial charge in [0.05, 0.1) is 16.8 Å². The van der Waals surface area contributed by atoms with E-state index in [2.05, 4.69) is 27.3 Å². The molecular formula is C15H15FN4O. The van der Waals surface area contributed by atoms with Crippen molar-refractivity contribution in [1.82, 2.24) is 15.3 Å². The molecule has 108 valence electrons. The fourth-order valence-electron chi connectivity index (χ4n) is 3.28. The lowest BCUT2D eigenvalue weighted by Crippen LogP contribution is -2.36. The summed E-state index contributed by atoms with van der Waals surface area (Å²) in [6, 6.07) is 2.72. The minimum atomic E-state index is -0.417. The van der Waals surface area contributed by atoms with Crippen molar-refractivity contribution < 1.29 is 9.18 Å². The van der Waals surface area contributed by atoms with Gasteiger partial charge in [0.25, 0.3) is 5.91 Å². The molecule has 1 aromatic heterocycles. The fraction of sp³-hybridized carbons (Fsp3) is 0.333. The van der Waals surface area contributed by atoms with Crippen molar-refractivity contribution >= 4 is 22.5 Å². The molecule has 1 aromatic carbocycles. The molecule has 0 fully saturated rings. The van der Waals surface area contributed by atoms with E-state index in [1.165, 1.54) is 12.1 Å². The van der Waals surface area contributed by atoms with Crippen LogP contribution in [0.15, 0.2) is 17.2 Å². The van der Waals surface area contributed by atoms with Gasteiger partial charge in [-0.15, -0.1) is 0 Å². The number of nitrogens with zero attached hydrogens (tertiary/aromatic N) is 2. The molecule has 0 unspecified atom stereocenters. The van der Waals surface area contributed by atoms with Crippen LogP contribution in [0.5, 0.6) is 0 Å². The van der Waals surface area contributed by atoms with E-state index in [0.717, 1.165) is 41.9 Å². The average molecular weight is 286 g/mol. The third-order valence-corrected chi connectivity index (χ3v) is 4.06. The first kappa shape index (κ1) is 12.5. The lowest BCUT2D eigenvalue weighted by atomic mass is 9.98. The first-order valence-electron chi connectivity index (χ1n) is 7.11. The highest BCUT2D eigenvalue weighted by Gasteiger charge is 2.30. The summed E-state index contributed by atoms with van der Waals surface area (Å²) < 4.78 is 13.7. The normalized spacial score (nSPS) is 17.6. The van der Waals surface area contributed by atoms with Crippen LogP contribution in [0.2, 0.25) is 0 Å². The van der Waals surface area contributed by atoms with Crippen LogP contribution in [-0.2, 0) is 6.54 Å². The van der Waals surface area contributed by atoms with Crippen LogP contribution >= 0.6 is 0 Å². The molecule has 2 aliphatic rings. The zero-order valence-corrected chi connectivity index (χ0v) is 11.7. The monoisotopic (exact) mass is 286 g/mol. The molecular weight excluding hydrogens is 271 g/mol. The third kappa shape index (κ3) is 1.79. The van der Waals surface area contributed by atoms with Gasteiger partial charge in [0.1, 0.15) is 5.82 Å². The second kappa shape index (κ2) is 4.39. The van der Waals surface area contributed by atoms with E-state index in [1.807, 2.05) is 0 Å². The van der Waals surface area contributed by atoms with E-state index in [-0.39, 0.29) is 5.91 Å². The Morgan fingerprint density at radius 3 is 3.05 bits per heavy atom. The molecule has 21 heavy (non-hydrogen) atoms. The quantitative estimate of drug-likeness (QED) is 0.887. The summed E-state index contributed by atoms with van der Waals surface area (Å²) in [6.07, 6.45) is 1.05. The standard InChI is InChI=1S/C15H15FN4O/c1-2-3-20-6-11-14-12(7-20)18-19-15(21)9-4-8(16)5-10(17-11)13(9)14/h4-5,17H,2-3,6-7H2,1H3,(H,19,21). The molecule has 3 heterocycles. The van der Waals surface area contributed by atoms with Gasteiger partial charge in [-0.3, -0.25) is 9.69 Å². The molecule has 2 N–H and O–H groups in total. The lowest BCUT2D eigenvalue weighted by molar-refractivity contribution is 0.0956. The number of hydrogen-bond acceptors (Lipinski definition) is 3. The van der Waals surface area contributed by atoms with E-state index in [9.17, 15) is 9.18 Å². The number of nitrogens with one attached hydrogen (secondary N) is 2. The van der Waals surface area contributed by atoms with Crippen LogP contribution in [0.1, 0.15) is 35.0 Å². The van der Waals surface area contributed by atoms with E-state index in [1.54, 1.807) is 0 Å². The van der Waals surface area contributed by atoms with Gasteiger partial charge >= 0.3 is 0 Å². The Morgan fingerprint density at radius 1 is 1.38 bits per heavy atom. The summed E-state index contributed by atoms with van der Waals surface area (Å²) in [5.41, 5.74) is 6.36. The topological polar surface area (TPSA) is 60.5 Å². The van der Waals surface area contributed by atoms with Crippen molar-refractivity contribution in [3.63, 3.8) is 0 Å². The van der Waals surface area contributed by atoms with Gasteiger partial charge in [-0.1, -0.05) is 6.92 Å². The highest BCUT2D eigenvalue weighted by molar-refractivity contribution is 6.21. The number of rotatable bonds is 2. The van der Waals surface area contributed by atoms with Gasteiger partial charge in [-0.05, 0) is 25.1 Å². The number of benzene rings is 1. The van der Waals surface area contributed by atoms with Crippen LogP contribution in [0.4, 0.5) is 4.39 Å². The predicted molar refractivity (Wildman–Crippen MR) is 77.8 cm³/mol. The molecule has 0 aliphatic carbocycles. The second-order valence-electron chi connectivity index (χ2n) is 5.56. The number of carbonyl (C=O) groups is 1. The molecule has 2 aliphatic heterocycles. The zero-order chi connectivity index (χ0) is 14.6. The molecule has 0 saturated carbocycles. The van der Waals surface area contributed by atoms with E-state index < -0.39 is 5.82 Å². The summed E-state index contributed by atoms with van der Waals surface area (Å²) in [6.45, 7) is 4.56. The van der Waals surface area contributed by atoms with Crippen molar-refractivity contribution in [2.75, 3.05) is 13.1 Å². The molecule has 4 rings (SSSR count). The zero-order valence-electron chi connectivity index (χ0n) is 11.7. The van der Waals surface area contributed by atoms with Crippen molar-refractivity contribution in [1.29, 1.82) is 0 Å². The van der Waals surface area contributed by atoms with Gasteiger partial charge < -0.3 is 4.98 Å². The summed E-state index contributed by atoms with van der Waals surface area (Å²) in [5, 5.41) is 5.03. The number of carbonyl (C=O) groups excluding carboxylic acids is 1. The summed E-state index contributed by atoms with van der Waals surface area (Å²) in [4.78, 5) is 17.7. The van der Waals surface area contributed by atoms with Gasteiger partial charge in [0, 0.05) is 29.7 Å². The maximum atomic E-state index is 13.7. The minimum Gasteiger partial charge on any atom is -0.357 e. The SMILES string of the molecule is CCCN1CC2=NNC(=O)c3cc(F)cc4[nH]c(c2c34)C1. The fourth-order valence-corrected chi connectivity index (χ4v) is 3.28. The lowest BCUT2D eigenvalue weighted by Gasteiger charge is -2.27. The molecule has 0 atom stereocenters. The Morgan fingerprint density at radius 2 is 2.24 bits per heavy atom. The Bertz CT molecular complexity index is 793. The first-order chi connectivity index (χ1) is 10.2. The minimum absolute atomic E-state index is 0.352. The first-order valence-corrected chi connectivity index (χ1v) is 7.11. The van der Waals surface area contributed by atoms with Crippen molar-refractivity contribution in [2.24, 2.45) is 5.10 Å². The number of hydrogen-bond donors (Lipinski definition) is 2. The summed E-state index contributed by atoms with van der Waals surface area (Å²) in [7, 11) is 0. The number of hydrazone groups is 1. The smallest absolute Gasteiger partial charge is 0.272 e. The molecule has 0 bridgehead atoms. The number of amides is 1. The Hall–Kier alpha value is -2.21. The highest BCUT2D eigenvalue weighted by Crippen LogP contribution is 2.32. The summed E-state index contributed by atoms with van der Waals surface area (Å²) >= 11 is 0. The molecule has 2 aromatic rings. The van der Waals surface area contributed by atoms with Crippen molar-refractivity contribution in [3.05, 3.63) is 34.8 Å². The molecule has 0 saturated heterocycles. The molecule has 6 heteroatoms. The van der Waals surface area contributed by atoms with Gasteiger partial charge in [-0.2, -0.15) is 5.10 Å². The van der Waals surface area contributed by atoms with E-state index in [4.69, 9.17) is 0 Å². The molecule has 1 amide bonds. The Balaban J connectivity index is 2.00. The third-order valence-electron chi connectivity index (χ3n) is 4.06.